The summed E-state index contributed by atoms with van der Waals surface area (Å²) in [4.78, 5) is 12.4. The fourth-order valence-electron chi connectivity index (χ4n) is 4.41. The Balaban J connectivity index is 1.36. The highest BCUT2D eigenvalue weighted by Crippen LogP contribution is 2.44. The number of carbonyl (C=O) groups is 1. The second-order valence-corrected chi connectivity index (χ2v) is 9.74. The molecule has 3 aromatic carbocycles. The van der Waals surface area contributed by atoms with E-state index in [0.29, 0.717) is 0 Å². The quantitative estimate of drug-likeness (QED) is 0.429. The van der Waals surface area contributed by atoms with Gasteiger partial charge in [-0.1, -0.05) is 75.4 Å². The number of phenolic OH excluding ortho intramolecular Hbond substituents is 1. The van der Waals surface area contributed by atoms with E-state index in [2.05, 4.69) is 17.4 Å². The number of carbonyl (C=O) groups excluding carboxylic acids is 1. The standard InChI is InChI=1S/C28H31NO5/c1-28(2,3)17-12-13-24(30)22(14-17)26(32)25(31)15-29-27(33)34-16-23-20-10-6-4-8-18(20)19-9-5-7-11-21(19)23/h4-14,23,25-26,30-32H,15-16H2,1-3H3,(H,29,33). The topological polar surface area (TPSA) is 99.0 Å². The van der Waals surface area contributed by atoms with E-state index in [-0.39, 0.29) is 35.8 Å². The number of rotatable bonds is 6. The first-order valence-electron chi connectivity index (χ1n) is 11.4. The lowest BCUT2D eigenvalue weighted by molar-refractivity contribution is 0.0172. The number of ether oxygens (including phenoxy) is 1. The van der Waals surface area contributed by atoms with E-state index < -0.39 is 18.3 Å². The number of aliphatic hydroxyl groups is 2. The van der Waals surface area contributed by atoms with Crippen LogP contribution < -0.4 is 5.32 Å². The summed E-state index contributed by atoms with van der Waals surface area (Å²) in [6.07, 6.45) is -3.36. The van der Waals surface area contributed by atoms with Crippen LogP contribution in [-0.2, 0) is 10.2 Å². The van der Waals surface area contributed by atoms with Crippen LogP contribution in [0.25, 0.3) is 11.1 Å². The van der Waals surface area contributed by atoms with Crippen molar-refractivity contribution in [3.05, 3.63) is 89.0 Å². The molecule has 0 heterocycles. The lowest BCUT2D eigenvalue weighted by Crippen LogP contribution is -2.36. The molecule has 0 bridgehead atoms. The summed E-state index contributed by atoms with van der Waals surface area (Å²) in [5.74, 6) is -0.175. The predicted molar refractivity (Wildman–Crippen MR) is 131 cm³/mol. The van der Waals surface area contributed by atoms with E-state index in [4.69, 9.17) is 4.74 Å². The van der Waals surface area contributed by atoms with Crippen molar-refractivity contribution < 1.29 is 24.9 Å². The van der Waals surface area contributed by atoms with Crippen molar-refractivity contribution in [1.29, 1.82) is 0 Å². The third-order valence-electron chi connectivity index (χ3n) is 6.38. The van der Waals surface area contributed by atoms with Crippen LogP contribution in [-0.4, -0.2) is 40.7 Å². The zero-order valence-corrected chi connectivity index (χ0v) is 19.7. The highest BCUT2D eigenvalue weighted by atomic mass is 16.5. The van der Waals surface area contributed by atoms with Gasteiger partial charge in [0.05, 0.1) is 0 Å². The molecule has 2 atom stereocenters. The molecular weight excluding hydrogens is 430 g/mol. The average molecular weight is 462 g/mol. The van der Waals surface area contributed by atoms with Gasteiger partial charge in [-0.05, 0) is 45.4 Å². The van der Waals surface area contributed by atoms with Gasteiger partial charge in [-0.15, -0.1) is 0 Å². The van der Waals surface area contributed by atoms with Crippen LogP contribution in [0.15, 0.2) is 66.7 Å². The highest BCUT2D eigenvalue weighted by molar-refractivity contribution is 5.79. The lowest BCUT2D eigenvalue weighted by Gasteiger charge is -2.24. The van der Waals surface area contributed by atoms with E-state index in [1.165, 1.54) is 6.07 Å². The number of fused-ring (bicyclic) bond motifs is 3. The Bertz CT molecular complexity index is 1140. The molecule has 1 aliphatic carbocycles. The number of alkyl carbamates (subject to hydrolysis) is 1. The number of aromatic hydroxyl groups is 1. The molecule has 4 N–H and O–H groups in total. The molecule has 1 amide bonds. The second kappa shape index (κ2) is 9.49. The van der Waals surface area contributed by atoms with Gasteiger partial charge in [-0.3, -0.25) is 0 Å². The molecule has 0 aliphatic heterocycles. The first-order chi connectivity index (χ1) is 16.2. The van der Waals surface area contributed by atoms with E-state index in [0.717, 1.165) is 27.8 Å². The van der Waals surface area contributed by atoms with Crippen molar-refractivity contribution >= 4 is 6.09 Å². The highest BCUT2D eigenvalue weighted by Gasteiger charge is 2.29. The van der Waals surface area contributed by atoms with Crippen LogP contribution >= 0.6 is 0 Å². The summed E-state index contributed by atoms with van der Waals surface area (Å²) in [6.45, 7) is 5.99. The molecule has 3 aromatic rings. The summed E-state index contributed by atoms with van der Waals surface area (Å²) < 4.78 is 5.47. The van der Waals surface area contributed by atoms with E-state index >= 15 is 0 Å². The molecule has 178 valence electrons. The zero-order chi connectivity index (χ0) is 24.5. The Kier molecular flexibility index (Phi) is 6.64. The maximum absolute atomic E-state index is 12.4. The molecule has 2 unspecified atom stereocenters. The summed E-state index contributed by atoms with van der Waals surface area (Å²) in [5.41, 5.74) is 5.45. The molecule has 4 rings (SSSR count). The van der Waals surface area contributed by atoms with Crippen molar-refractivity contribution in [1.82, 2.24) is 5.32 Å². The summed E-state index contributed by atoms with van der Waals surface area (Å²) in [6, 6.07) is 21.1. The van der Waals surface area contributed by atoms with Crippen LogP contribution in [0.2, 0.25) is 0 Å². The molecule has 6 nitrogen and oxygen atoms in total. The molecule has 0 saturated carbocycles. The zero-order valence-electron chi connectivity index (χ0n) is 19.7. The van der Waals surface area contributed by atoms with Crippen molar-refractivity contribution in [3.8, 4) is 16.9 Å². The minimum atomic E-state index is -1.36. The molecule has 34 heavy (non-hydrogen) atoms. The number of amides is 1. The Morgan fingerprint density at radius 2 is 1.56 bits per heavy atom. The maximum Gasteiger partial charge on any atom is 0.407 e. The van der Waals surface area contributed by atoms with Crippen LogP contribution in [0.3, 0.4) is 0 Å². The van der Waals surface area contributed by atoms with Gasteiger partial charge in [0.1, 0.15) is 24.6 Å². The van der Waals surface area contributed by atoms with E-state index in [1.807, 2.05) is 57.2 Å². The fourth-order valence-corrected chi connectivity index (χ4v) is 4.41. The predicted octanol–water partition coefficient (Wildman–Crippen LogP) is 4.62. The summed E-state index contributed by atoms with van der Waals surface area (Å²) in [5, 5.41) is 33.7. The van der Waals surface area contributed by atoms with Crippen LogP contribution in [0.4, 0.5) is 4.79 Å². The largest absolute Gasteiger partial charge is 0.508 e. The lowest BCUT2D eigenvalue weighted by atomic mass is 9.85. The van der Waals surface area contributed by atoms with Gasteiger partial charge in [0.15, 0.2) is 0 Å². The maximum atomic E-state index is 12.4. The van der Waals surface area contributed by atoms with E-state index in [1.54, 1.807) is 12.1 Å². The molecule has 0 saturated heterocycles. The molecule has 0 radical (unpaired) electrons. The van der Waals surface area contributed by atoms with E-state index in [9.17, 15) is 20.1 Å². The minimum Gasteiger partial charge on any atom is -0.508 e. The van der Waals surface area contributed by atoms with Gasteiger partial charge in [0, 0.05) is 18.0 Å². The summed E-state index contributed by atoms with van der Waals surface area (Å²) in [7, 11) is 0. The van der Waals surface area contributed by atoms with Crippen molar-refractivity contribution in [2.24, 2.45) is 0 Å². The molecule has 6 heteroatoms. The number of hydrogen-bond donors (Lipinski definition) is 4. The third-order valence-corrected chi connectivity index (χ3v) is 6.38. The molecule has 1 aliphatic rings. The molecular formula is C28H31NO5. The minimum absolute atomic E-state index is 0.0641. The van der Waals surface area contributed by atoms with Crippen molar-refractivity contribution in [2.45, 2.75) is 44.3 Å². The van der Waals surface area contributed by atoms with Crippen molar-refractivity contribution in [3.63, 3.8) is 0 Å². The average Bonchev–Trinajstić information content (AvgIpc) is 3.14. The number of benzene rings is 3. The van der Waals surface area contributed by atoms with Crippen LogP contribution in [0, 0.1) is 0 Å². The van der Waals surface area contributed by atoms with Gasteiger partial charge in [-0.25, -0.2) is 4.79 Å². The van der Waals surface area contributed by atoms with Crippen LogP contribution in [0.1, 0.15) is 55.0 Å². The number of hydrogen-bond acceptors (Lipinski definition) is 5. The normalized spacial score (nSPS) is 14.7. The Hall–Kier alpha value is -3.35. The second-order valence-electron chi connectivity index (χ2n) is 9.74. The molecule has 0 aromatic heterocycles. The Morgan fingerprint density at radius 1 is 0.971 bits per heavy atom. The number of phenols is 1. The van der Waals surface area contributed by atoms with Gasteiger partial charge in [0.2, 0.25) is 0 Å². The SMILES string of the molecule is CC(C)(C)c1ccc(O)c(C(O)C(O)CNC(=O)OCC2c3ccccc3-c3ccccc32)c1. The fraction of sp³-hybridized carbons (Fsp3) is 0.321. The van der Waals surface area contributed by atoms with Crippen molar-refractivity contribution in [2.75, 3.05) is 13.2 Å². The molecule has 0 fully saturated rings. The Labute approximate surface area is 199 Å². The molecule has 0 spiro atoms. The van der Waals surface area contributed by atoms with Crippen LogP contribution in [0.5, 0.6) is 5.75 Å². The first-order valence-corrected chi connectivity index (χ1v) is 11.4. The number of nitrogens with one attached hydrogen (secondary N) is 1. The third kappa shape index (κ3) is 4.79. The van der Waals surface area contributed by atoms with Gasteiger partial charge < -0.3 is 25.4 Å². The monoisotopic (exact) mass is 461 g/mol. The number of aliphatic hydroxyl groups excluding tert-OH is 2. The first kappa shape index (κ1) is 23.8. The van der Waals surface area contributed by atoms with Gasteiger partial charge in [-0.2, -0.15) is 0 Å². The summed E-state index contributed by atoms with van der Waals surface area (Å²) >= 11 is 0. The van der Waals surface area contributed by atoms with Gasteiger partial charge >= 0.3 is 6.09 Å². The Morgan fingerprint density at radius 3 is 2.15 bits per heavy atom. The smallest absolute Gasteiger partial charge is 0.407 e. The van der Waals surface area contributed by atoms with Gasteiger partial charge in [0.25, 0.3) is 0 Å².